The quantitative estimate of drug-likeness (QED) is 0.501. The predicted octanol–water partition coefficient (Wildman–Crippen LogP) is -1.08. The number of anilines is 1. The van der Waals surface area contributed by atoms with Crippen molar-refractivity contribution in [1.29, 1.82) is 0 Å². The zero-order valence-electron chi connectivity index (χ0n) is 11.4. The Morgan fingerprint density at radius 1 is 1.64 bits per heavy atom. The molecule has 22 heavy (non-hydrogen) atoms. The molecule has 0 amide bonds. The van der Waals surface area contributed by atoms with E-state index in [1.165, 1.54) is 6.07 Å². The molecule has 5 N–H and O–H groups in total. The molecular weight excluding hydrogens is 324 g/mol. The molecular formula is C10H15FN3O7P. The van der Waals surface area contributed by atoms with Gasteiger partial charge in [-0.3, -0.25) is 9.13 Å². The van der Waals surface area contributed by atoms with E-state index in [9.17, 15) is 18.9 Å². The lowest BCUT2D eigenvalue weighted by Gasteiger charge is -2.24. The Kier molecular flexibility index (Phi) is 4.39. The van der Waals surface area contributed by atoms with Crippen molar-refractivity contribution in [2.24, 2.45) is 0 Å². The fourth-order valence-corrected chi connectivity index (χ4v) is 2.33. The molecule has 0 unspecified atom stereocenters. The van der Waals surface area contributed by atoms with Gasteiger partial charge in [0, 0.05) is 6.20 Å². The molecule has 2 rings (SSSR count). The van der Waals surface area contributed by atoms with E-state index in [0.29, 0.717) is 0 Å². The van der Waals surface area contributed by atoms with Gasteiger partial charge in [-0.1, -0.05) is 0 Å². The van der Waals surface area contributed by atoms with Gasteiger partial charge >= 0.3 is 13.3 Å². The van der Waals surface area contributed by atoms with Crippen molar-refractivity contribution in [3.05, 3.63) is 22.7 Å². The second-order valence-electron chi connectivity index (χ2n) is 4.96. The molecule has 1 aliphatic heterocycles. The van der Waals surface area contributed by atoms with Gasteiger partial charge in [-0.25, -0.2) is 9.18 Å². The van der Waals surface area contributed by atoms with Crippen LogP contribution in [0.1, 0.15) is 13.2 Å². The number of aliphatic hydroxyl groups excluding tert-OH is 1. The molecule has 12 heteroatoms. The fraction of sp³-hybridized carbons (Fsp3) is 0.600. The molecule has 0 bridgehead atoms. The first-order chi connectivity index (χ1) is 10.0. The summed E-state index contributed by atoms with van der Waals surface area (Å²) in [6, 6.07) is 1.23. The average Bonchev–Trinajstić information content (AvgIpc) is 2.59. The van der Waals surface area contributed by atoms with Crippen LogP contribution in [0, 0.1) is 0 Å². The average molecular weight is 339 g/mol. The lowest BCUT2D eigenvalue weighted by Crippen LogP contribution is -2.42. The molecule has 0 aliphatic carbocycles. The number of nitrogen functional groups attached to an aromatic ring is 1. The van der Waals surface area contributed by atoms with E-state index in [-0.39, 0.29) is 5.82 Å². The van der Waals surface area contributed by atoms with Crippen molar-refractivity contribution in [3.63, 3.8) is 0 Å². The summed E-state index contributed by atoms with van der Waals surface area (Å²) in [6.07, 6.45) is -5.05. The molecule has 1 aromatic rings. The van der Waals surface area contributed by atoms with E-state index in [1.54, 1.807) is 0 Å². The van der Waals surface area contributed by atoms with E-state index in [2.05, 4.69) is 4.98 Å². The van der Waals surface area contributed by atoms with Crippen LogP contribution in [-0.2, 0) is 14.0 Å². The second-order valence-corrected chi connectivity index (χ2v) is 6.54. The van der Waals surface area contributed by atoms with Gasteiger partial charge in [0.1, 0.15) is 11.9 Å². The Bertz CT molecular complexity index is 660. The number of aliphatic hydroxyl groups is 1. The Morgan fingerprint density at radius 2 is 2.27 bits per heavy atom. The normalized spacial score (nSPS) is 32.3. The lowest BCUT2D eigenvalue weighted by atomic mass is 10.0. The molecule has 0 saturated carbocycles. The third-order valence-corrected chi connectivity index (χ3v) is 3.58. The third-order valence-electron chi connectivity index (χ3n) is 3.09. The number of nitrogens with two attached hydrogens (primary N) is 1. The van der Waals surface area contributed by atoms with Crippen molar-refractivity contribution < 1.29 is 33.3 Å². The Morgan fingerprint density at radius 3 is 2.82 bits per heavy atom. The highest BCUT2D eigenvalue weighted by molar-refractivity contribution is 7.51. The first kappa shape index (κ1) is 17.0. The molecule has 0 spiro atoms. The van der Waals surface area contributed by atoms with Gasteiger partial charge < -0.3 is 30.1 Å². The van der Waals surface area contributed by atoms with Crippen LogP contribution in [0.4, 0.5) is 10.2 Å². The summed E-state index contributed by atoms with van der Waals surface area (Å²) in [7, 11) is -4.53. The molecule has 0 radical (unpaired) electrons. The van der Waals surface area contributed by atoms with Crippen LogP contribution in [0.2, 0.25) is 0 Å². The molecule has 0 aromatic carbocycles. The smallest absolute Gasteiger partial charge is 0.351 e. The maximum Gasteiger partial charge on any atom is 0.351 e. The number of alkyl halides is 1. The SMILES string of the molecule is C[C@]1(F)[C@@H](O)[C@@H](OCP(=O)(O)O)O[C@H]1n1ccc(N)nc1=O. The zero-order chi connectivity index (χ0) is 16.7. The van der Waals surface area contributed by atoms with E-state index < -0.39 is 43.9 Å². The molecule has 10 nitrogen and oxygen atoms in total. The van der Waals surface area contributed by atoms with Crippen molar-refractivity contribution in [3.8, 4) is 0 Å². The van der Waals surface area contributed by atoms with Gasteiger partial charge in [-0.15, -0.1) is 0 Å². The highest BCUT2D eigenvalue weighted by Crippen LogP contribution is 2.43. The number of aromatic nitrogens is 2. The van der Waals surface area contributed by atoms with Gasteiger partial charge in [-0.2, -0.15) is 4.98 Å². The van der Waals surface area contributed by atoms with Crippen molar-refractivity contribution >= 4 is 13.4 Å². The maximum absolute atomic E-state index is 14.6. The van der Waals surface area contributed by atoms with Crippen LogP contribution >= 0.6 is 7.60 Å². The van der Waals surface area contributed by atoms with E-state index in [4.69, 9.17) is 25.0 Å². The van der Waals surface area contributed by atoms with E-state index in [0.717, 1.165) is 17.7 Å². The number of ether oxygens (including phenoxy) is 2. The summed E-state index contributed by atoms with van der Waals surface area (Å²) >= 11 is 0. The van der Waals surface area contributed by atoms with E-state index in [1.807, 2.05) is 0 Å². The van der Waals surface area contributed by atoms with E-state index >= 15 is 0 Å². The minimum Gasteiger partial charge on any atom is -0.384 e. The molecule has 1 fully saturated rings. The van der Waals surface area contributed by atoms with Gasteiger partial charge in [0.15, 0.2) is 24.5 Å². The molecule has 124 valence electrons. The third kappa shape index (κ3) is 3.35. The zero-order valence-corrected chi connectivity index (χ0v) is 12.3. The maximum atomic E-state index is 14.6. The van der Waals surface area contributed by atoms with Crippen LogP contribution in [0.3, 0.4) is 0 Å². The van der Waals surface area contributed by atoms with Crippen molar-refractivity contribution in [2.45, 2.75) is 31.2 Å². The fourth-order valence-electron chi connectivity index (χ4n) is 1.99. The number of halogens is 1. The molecule has 2 heterocycles. The van der Waals surface area contributed by atoms with Crippen molar-refractivity contribution in [1.82, 2.24) is 9.55 Å². The minimum atomic E-state index is -4.53. The van der Waals surface area contributed by atoms with Crippen LogP contribution in [0.15, 0.2) is 17.1 Å². The molecule has 4 atom stereocenters. The monoisotopic (exact) mass is 339 g/mol. The van der Waals surface area contributed by atoms with Crippen LogP contribution in [0.25, 0.3) is 0 Å². The first-order valence-corrected chi connectivity index (χ1v) is 7.85. The second kappa shape index (κ2) is 5.69. The largest absolute Gasteiger partial charge is 0.384 e. The van der Waals surface area contributed by atoms with Gasteiger partial charge in [0.05, 0.1) is 0 Å². The van der Waals surface area contributed by atoms with Gasteiger partial charge in [0.25, 0.3) is 0 Å². The standard InChI is InChI=1S/C10H15FN3O7P/c1-10(11)6(15)7(20-4-22(17,18)19)21-8(10)14-3-2-5(12)13-9(14)16/h2-3,6-8,15H,4H2,1H3,(H2,12,13,16)(H2,17,18,19)/t6-,7-,8+,10-/m0/s1. The summed E-state index contributed by atoms with van der Waals surface area (Å²) in [6.45, 7) is 0.964. The predicted molar refractivity (Wildman–Crippen MR) is 70.3 cm³/mol. The number of hydrogen-bond donors (Lipinski definition) is 4. The van der Waals surface area contributed by atoms with Crippen LogP contribution in [-0.4, -0.2) is 48.9 Å². The summed E-state index contributed by atoms with van der Waals surface area (Å²) in [5, 5.41) is 9.85. The number of nitrogens with zero attached hydrogens (tertiary/aromatic N) is 2. The molecule has 1 saturated heterocycles. The van der Waals surface area contributed by atoms with Gasteiger partial charge in [0.2, 0.25) is 0 Å². The van der Waals surface area contributed by atoms with Crippen LogP contribution < -0.4 is 11.4 Å². The van der Waals surface area contributed by atoms with Crippen molar-refractivity contribution in [2.75, 3.05) is 12.1 Å². The van der Waals surface area contributed by atoms with Gasteiger partial charge in [-0.05, 0) is 13.0 Å². The molecule has 1 aromatic heterocycles. The van der Waals surface area contributed by atoms with Crippen LogP contribution in [0.5, 0.6) is 0 Å². The first-order valence-electron chi connectivity index (χ1n) is 6.05. The number of rotatable bonds is 4. The number of hydrogen-bond acceptors (Lipinski definition) is 7. The topological polar surface area (TPSA) is 157 Å². The summed E-state index contributed by atoms with van der Waals surface area (Å²) < 4.78 is 35.9. The lowest BCUT2D eigenvalue weighted by molar-refractivity contribution is -0.168. The summed E-state index contributed by atoms with van der Waals surface area (Å²) in [5.41, 5.74) is 1.96. The molecule has 1 aliphatic rings. The highest BCUT2D eigenvalue weighted by atomic mass is 31.2. The summed E-state index contributed by atoms with van der Waals surface area (Å²) in [5.74, 6) is -0.0744. The Balaban J connectivity index is 2.26. The Hall–Kier alpha value is -1.36. The highest BCUT2D eigenvalue weighted by Gasteiger charge is 2.56. The summed E-state index contributed by atoms with van der Waals surface area (Å²) in [4.78, 5) is 32.6. The minimum absolute atomic E-state index is 0.0744. The Labute approximate surface area is 123 Å².